The lowest BCUT2D eigenvalue weighted by atomic mass is 9.95. The summed E-state index contributed by atoms with van der Waals surface area (Å²) in [5.41, 5.74) is -0.0759. The Bertz CT molecular complexity index is 288. The van der Waals surface area contributed by atoms with Gasteiger partial charge in [-0.1, -0.05) is 13.3 Å². The van der Waals surface area contributed by atoms with Crippen LogP contribution in [0.25, 0.3) is 0 Å². The Hall–Kier alpha value is -0.570. The summed E-state index contributed by atoms with van der Waals surface area (Å²) in [5, 5.41) is 6.52. The average molecular weight is 238 g/mol. The van der Waals surface area contributed by atoms with Crippen LogP contribution in [-0.4, -0.2) is 24.0 Å². The van der Waals surface area contributed by atoms with Gasteiger partial charge >= 0.3 is 0 Å². The molecule has 2 aliphatic rings. The first-order valence-electron chi connectivity index (χ1n) is 7.04. The first-order valence-corrected chi connectivity index (χ1v) is 7.04. The van der Waals surface area contributed by atoms with Gasteiger partial charge in [0.15, 0.2) is 0 Å². The first-order chi connectivity index (χ1) is 8.00. The third-order valence-electron chi connectivity index (χ3n) is 4.62. The molecule has 3 unspecified atom stereocenters. The van der Waals surface area contributed by atoms with E-state index in [0.29, 0.717) is 12.6 Å². The highest BCUT2D eigenvalue weighted by atomic mass is 16.2. The fourth-order valence-corrected chi connectivity index (χ4v) is 3.23. The van der Waals surface area contributed by atoms with Crippen molar-refractivity contribution in [3.8, 4) is 0 Å². The second-order valence-corrected chi connectivity index (χ2v) is 6.45. The quantitative estimate of drug-likeness (QED) is 0.770. The van der Waals surface area contributed by atoms with Crippen molar-refractivity contribution in [3.05, 3.63) is 0 Å². The molecule has 0 aromatic heterocycles. The van der Waals surface area contributed by atoms with Crippen molar-refractivity contribution in [1.82, 2.24) is 10.6 Å². The minimum absolute atomic E-state index is 0.0759. The number of rotatable bonds is 5. The molecule has 17 heavy (non-hydrogen) atoms. The van der Waals surface area contributed by atoms with Crippen molar-refractivity contribution in [2.45, 2.75) is 64.5 Å². The van der Waals surface area contributed by atoms with E-state index in [9.17, 15) is 4.79 Å². The number of amides is 1. The Morgan fingerprint density at radius 1 is 1.29 bits per heavy atom. The molecule has 2 bridgehead atoms. The lowest BCUT2D eigenvalue weighted by Crippen LogP contribution is -2.48. The van der Waals surface area contributed by atoms with E-state index in [0.717, 1.165) is 18.3 Å². The topological polar surface area (TPSA) is 41.1 Å². The van der Waals surface area contributed by atoms with Crippen LogP contribution in [0, 0.1) is 11.8 Å². The molecule has 0 heterocycles. The summed E-state index contributed by atoms with van der Waals surface area (Å²) in [7, 11) is 0. The minimum Gasteiger partial charge on any atom is -0.350 e. The molecule has 0 saturated heterocycles. The maximum Gasteiger partial charge on any atom is 0.234 e. The van der Waals surface area contributed by atoms with Crippen molar-refractivity contribution < 1.29 is 4.79 Å². The highest BCUT2D eigenvalue weighted by Gasteiger charge is 2.39. The van der Waals surface area contributed by atoms with Crippen molar-refractivity contribution in [1.29, 1.82) is 0 Å². The maximum atomic E-state index is 11.8. The van der Waals surface area contributed by atoms with Crippen LogP contribution in [0.15, 0.2) is 0 Å². The summed E-state index contributed by atoms with van der Waals surface area (Å²) in [4.78, 5) is 11.8. The van der Waals surface area contributed by atoms with Gasteiger partial charge in [0.05, 0.1) is 6.54 Å². The number of hydrogen-bond donors (Lipinski definition) is 2. The highest BCUT2D eigenvalue weighted by molar-refractivity contribution is 5.78. The van der Waals surface area contributed by atoms with Crippen LogP contribution in [-0.2, 0) is 4.79 Å². The van der Waals surface area contributed by atoms with E-state index in [1.807, 2.05) is 0 Å². The predicted molar refractivity (Wildman–Crippen MR) is 69.8 cm³/mol. The van der Waals surface area contributed by atoms with Crippen LogP contribution in [0.5, 0.6) is 0 Å². The van der Waals surface area contributed by atoms with E-state index < -0.39 is 0 Å². The molecule has 2 rings (SSSR count). The van der Waals surface area contributed by atoms with Gasteiger partial charge in [0.2, 0.25) is 5.91 Å². The molecule has 0 aliphatic heterocycles. The molecular weight excluding hydrogens is 212 g/mol. The zero-order valence-electron chi connectivity index (χ0n) is 11.4. The lowest BCUT2D eigenvalue weighted by molar-refractivity contribution is -0.122. The van der Waals surface area contributed by atoms with Crippen molar-refractivity contribution in [3.63, 3.8) is 0 Å². The van der Waals surface area contributed by atoms with Crippen LogP contribution in [0.2, 0.25) is 0 Å². The van der Waals surface area contributed by atoms with Gasteiger partial charge < -0.3 is 10.6 Å². The highest BCUT2D eigenvalue weighted by Crippen LogP contribution is 2.44. The molecule has 3 heteroatoms. The molecule has 3 nitrogen and oxygen atoms in total. The van der Waals surface area contributed by atoms with Crippen LogP contribution in [0.1, 0.15) is 52.9 Å². The summed E-state index contributed by atoms with van der Waals surface area (Å²) >= 11 is 0. The van der Waals surface area contributed by atoms with E-state index in [-0.39, 0.29) is 11.4 Å². The summed E-state index contributed by atoms with van der Waals surface area (Å²) in [5.74, 6) is 1.92. The second kappa shape index (κ2) is 4.97. The Labute approximate surface area is 105 Å². The molecule has 3 atom stereocenters. The third kappa shape index (κ3) is 3.21. The number of nitrogens with one attached hydrogen (secondary N) is 2. The van der Waals surface area contributed by atoms with E-state index in [1.165, 1.54) is 25.7 Å². The normalized spacial score (nSPS) is 31.8. The van der Waals surface area contributed by atoms with Gasteiger partial charge in [-0.3, -0.25) is 4.79 Å². The minimum atomic E-state index is -0.0759. The lowest BCUT2D eigenvalue weighted by Gasteiger charge is -2.26. The number of carbonyl (C=O) groups is 1. The molecule has 98 valence electrons. The van der Waals surface area contributed by atoms with E-state index in [1.54, 1.807) is 0 Å². The van der Waals surface area contributed by atoms with Crippen LogP contribution < -0.4 is 10.6 Å². The molecule has 0 spiro atoms. The van der Waals surface area contributed by atoms with Gasteiger partial charge in [0, 0.05) is 11.6 Å². The van der Waals surface area contributed by atoms with Crippen molar-refractivity contribution >= 4 is 5.91 Å². The molecular formula is C14H26N2O. The van der Waals surface area contributed by atoms with Crippen molar-refractivity contribution in [2.24, 2.45) is 11.8 Å². The van der Waals surface area contributed by atoms with E-state index >= 15 is 0 Å². The number of fused-ring (bicyclic) bond motifs is 2. The second-order valence-electron chi connectivity index (χ2n) is 6.45. The Balaban J connectivity index is 1.70. The average Bonchev–Trinajstić information content (AvgIpc) is 2.87. The molecule has 2 fully saturated rings. The molecule has 1 amide bonds. The van der Waals surface area contributed by atoms with Gasteiger partial charge in [-0.05, 0) is 51.4 Å². The maximum absolute atomic E-state index is 11.8. The zero-order valence-corrected chi connectivity index (χ0v) is 11.4. The molecule has 0 aromatic rings. The van der Waals surface area contributed by atoms with Crippen LogP contribution in [0.3, 0.4) is 0 Å². The van der Waals surface area contributed by atoms with Crippen LogP contribution in [0.4, 0.5) is 0 Å². The van der Waals surface area contributed by atoms with Crippen molar-refractivity contribution in [2.75, 3.05) is 6.54 Å². The largest absolute Gasteiger partial charge is 0.350 e. The first kappa shape index (κ1) is 12.9. The van der Waals surface area contributed by atoms with Gasteiger partial charge in [-0.2, -0.15) is 0 Å². The van der Waals surface area contributed by atoms with Gasteiger partial charge in [-0.25, -0.2) is 0 Å². The third-order valence-corrected chi connectivity index (χ3v) is 4.62. The number of hydrogen-bond acceptors (Lipinski definition) is 2. The fourth-order valence-electron chi connectivity index (χ4n) is 3.23. The fraction of sp³-hybridized carbons (Fsp3) is 0.929. The van der Waals surface area contributed by atoms with Gasteiger partial charge in [-0.15, -0.1) is 0 Å². The molecule has 0 aromatic carbocycles. The number of carbonyl (C=O) groups excluding carboxylic acids is 1. The summed E-state index contributed by atoms with van der Waals surface area (Å²) in [6.45, 7) is 6.73. The zero-order chi connectivity index (χ0) is 12.5. The summed E-state index contributed by atoms with van der Waals surface area (Å²) in [6.07, 6.45) is 6.42. The molecule has 2 aliphatic carbocycles. The Kier molecular flexibility index (Phi) is 3.76. The monoisotopic (exact) mass is 238 g/mol. The molecule has 2 saturated carbocycles. The smallest absolute Gasteiger partial charge is 0.234 e. The Morgan fingerprint density at radius 3 is 2.59 bits per heavy atom. The van der Waals surface area contributed by atoms with Crippen LogP contribution >= 0.6 is 0 Å². The van der Waals surface area contributed by atoms with Gasteiger partial charge in [0.25, 0.3) is 0 Å². The standard InChI is InChI=1S/C14H26N2O/c1-4-14(2,3)16-13(17)9-15-12-8-10-5-6-11(12)7-10/h10-12,15H,4-9H2,1-3H3,(H,16,17). The summed E-state index contributed by atoms with van der Waals surface area (Å²) in [6, 6.07) is 0.601. The van der Waals surface area contributed by atoms with E-state index in [4.69, 9.17) is 0 Å². The van der Waals surface area contributed by atoms with E-state index in [2.05, 4.69) is 31.4 Å². The Morgan fingerprint density at radius 2 is 2.06 bits per heavy atom. The van der Waals surface area contributed by atoms with Gasteiger partial charge in [0.1, 0.15) is 0 Å². The molecule has 2 N–H and O–H groups in total. The SMILES string of the molecule is CCC(C)(C)NC(=O)CNC1CC2CCC1C2. The summed E-state index contributed by atoms with van der Waals surface area (Å²) < 4.78 is 0. The molecule has 0 radical (unpaired) electrons. The predicted octanol–water partition coefficient (Wildman–Crippen LogP) is 2.07.